The number of pyridine rings is 1. The molecule has 15 nitrogen and oxygen atoms in total. The summed E-state index contributed by atoms with van der Waals surface area (Å²) in [6, 6.07) is 9.56. The molecule has 3 atom stereocenters. The smallest absolute Gasteiger partial charge is 0.412 e. The SMILES string of the molecule is CN1CCN(C(=O)OC2c3nccnc3C(=O)N2c2ccc(Cl)cn2)CC1.Cc1ccc(OC(C(=O)O)C(O)C(=O)O)cc1. The fourth-order valence-corrected chi connectivity index (χ4v) is 4.29. The number of carboxylic acids is 2. The Morgan fingerprint density at radius 1 is 0.955 bits per heavy atom. The molecule has 1 fully saturated rings. The van der Waals surface area contributed by atoms with Crippen molar-refractivity contribution in [1.29, 1.82) is 0 Å². The number of piperazine rings is 1. The van der Waals surface area contributed by atoms with Crippen LogP contribution >= 0.6 is 11.6 Å². The molecule has 3 aromatic rings. The molecule has 2 aliphatic heterocycles. The van der Waals surface area contributed by atoms with Crippen molar-refractivity contribution in [2.75, 3.05) is 38.1 Å². The third kappa shape index (κ3) is 7.55. The molecule has 2 aromatic heterocycles. The van der Waals surface area contributed by atoms with Gasteiger partial charge in [-0.1, -0.05) is 29.3 Å². The lowest BCUT2D eigenvalue weighted by atomic mass is 10.2. The second-order valence-electron chi connectivity index (χ2n) is 9.80. The number of amides is 2. The Labute approximate surface area is 256 Å². The molecule has 16 heteroatoms. The number of aliphatic hydroxyl groups excluding tert-OH is 1. The number of anilines is 1. The topological polar surface area (TPSA) is 196 Å². The molecule has 5 rings (SSSR count). The van der Waals surface area contributed by atoms with E-state index in [0.717, 1.165) is 18.7 Å². The molecule has 0 bridgehead atoms. The number of rotatable bonds is 7. The number of aromatic nitrogens is 3. The van der Waals surface area contributed by atoms with Gasteiger partial charge in [0, 0.05) is 44.8 Å². The summed E-state index contributed by atoms with van der Waals surface area (Å²) in [7, 11) is 2.00. The first-order valence-electron chi connectivity index (χ1n) is 13.2. The minimum Gasteiger partial charge on any atom is -0.479 e. The van der Waals surface area contributed by atoms with Gasteiger partial charge < -0.3 is 34.6 Å². The molecule has 44 heavy (non-hydrogen) atoms. The number of aliphatic hydroxyl groups is 1. The number of nitrogens with zero attached hydrogens (tertiary/aromatic N) is 6. The molecule has 0 radical (unpaired) electrons. The average molecular weight is 629 g/mol. The van der Waals surface area contributed by atoms with E-state index in [1.807, 2.05) is 14.0 Å². The molecule has 232 valence electrons. The average Bonchev–Trinajstić information content (AvgIpc) is 3.28. The van der Waals surface area contributed by atoms with Gasteiger partial charge in [-0.05, 0) is 38.2 Å². The van der Waals surface area contributed by atoms with Crippen molar-refractivity contribution >= 4 is 41.4 Å². The minimum atomic E-state index is -2.12. The number of aliphatic carboxylic acids is 2. The van der Waals surface area contributed by atoms with Crippen LogP contribution in [0.3, 0.4) is 0 Å². The highest BCUT2D eigenvalue weighted by Gasteiger charge is 2.44. The summed E-state index contributed by atoms with van der Waals surface area (Å²) in [5.41, 5.74) is 1.38. The predicted molar refractivity (Wildman–Crippen MR) is 153 cm³/mol. The van der Waals surface area contributed by atoms with Gasteiger partial charge in [0.2, 0.25) is 12.3 Å². The van der Waals surface area contributed by atoms with Gasteiger partial charge in [0.25, 0.3) is 5.91 Å². The van der Waals surface area contributed by atoms with Crippen molar-refractivity contribution in [2.45, 2.75) is 25.4 Å². The third-order valence-corrected chi connectivity index (χ3v) is 6.84. The van der Waals surface area contributed by atoms with Gasteiger partial charge in [-0.25, -0.2) is 29.3 Å². The van der Waals surface area contributed by atoms with E-state index in [9.17, 15) is 19.2 Å². The summed E-state index contributed by atoms with van der Waals surface area (Å²) >= 11 is 5.89. The first-order valence-corrected chi connectivity index (χ1v) is 13.6. The van der Waals surface area contributed by atoms with E-state index in [-0.39, 0.29) is 11.4 Å². The Kier molecular flexibility index (Phi) is 10.3. The summed E-state index contributed by atoms with van der Waals surface area (Å²) in [5, 5.41) is 26.9. The van der Waals surface area contributed by atoms with Crippen LogP contribution in [0.25, 0.3) is 0 Å². The zero-order valence-corrected chi connectivity index (χ0v) is 24.4. The lowest BCUT2D eigenvalue weighted by molar-refractivity contribution is -0.163. The van der Waals surface area contributed by atoms with Crippen LogP contribution < -0.4 is 9.64 Å². The van der Waals surface area contributed by atoms with E-state index >= 15 is 0 Å². The highest BCUT2D eigenvalue weighted by Crippen LogP contribution is 2.35. The van der Waals surface area contributed by atoms with E-state index in [2.05, 4.69) is 19.9 Å². The third-order valence-electron chi connectivity index (χ3n) is 6.62. The molecule has 3 unspecified atom stereocenters. The molecule has 0 spiro atoms. The quantitative estimate of drug-likeness (QED) is 0.343. The number of carbonyl (C=O) groups excluding carboxylic acids is 2. The molecule has 2 amide bonds. The fraction of sp³-hybridized carbons (Fsp3) is 0.321. The molecule has 1 saturated heterocycles. The van der Waals surface area contributed by atoms with Crippen LogP contribution in [-0.2, 0) is 14.3 Å². The summed E-state index contributed by atoms with van der Waals surface area (Å²) < 4.78 is 10.6. The highest BCUT2D eigenvalue weighted by atomic mass is 35.5. The molecule has 3 N–H and O–H groups in total. The number of halogens is 1. The van der Waals surface area contributed by atoms with Crippen molar-refractivity contribution in [1.82, 2.24) is 24.8 Å². The molecule has 4 heterocycles. The second-order valence-corrected chi connectivity index (χ2v) is 10.2. The van der Waals surface area contributed by atoms with Crippen molar-refractivity contribution in [2.24, 2.45) is 0 Å². The Morgan fingerprint density at radius 3 is 2.20 bits per heavy atom. The first-order chi connectivity index (χ1) is 21.0. The normalized spacial score (nSPS) is 17.5. The maximum absolute atomic E-state index is 12.8. The molecule has 2 aliphatic rings. The van der Waals surface area contributed by atoms with Crippen LogP contribution in [0.4, 0.5) is 10.6 Å². The summed E-state index contributed by atoms with van der Waals surface area (Å²) in [6.07, 6.45) is -1.17. The van der Waals surface area contributed by atoms with Crippen molar-refractivity contribution < 1.29 is 44.0 Å². The fourth-order valence-electron chi connectivity index (χ4n) is 4.18. The van der Waals surface area contributed by atoms with E-state index in [4.69, 9.17) is 36.4 Å². The van der Waals surface area contributed by atoms with Gasteiger partial charge in [0.05, 0.1) is 5.02 Å². The molecular formula is C28H29ClN6O9. The summed E-state index contributed by atoms with van der Waals surface area (Å²) in [5.74, 6) is -3.13. The van der Waals surface area contributed by atoms with Crippen LogP contribution in [-0.4, -0.2) is 109 Å². The van der Waals surface area contributed by atoms with E-state index in [1.165, 1.54) is 35.6 Å². The number of likely N-dealkylation sites (N-methyl/N-ethyl adjacent to an activating group) is 1. The number of carbonyl (C=O) groups is 4. The molecule has 0 aliphatic carbocycles. The molecule has 1 aromatic carbocycles. The van der Waals surface area contributed by atoms with Gasteiger partial charge >= 0.3 is 18.0 Å². The number of aryl methyl sites for hydroxylation is 1. The van der Waals surface area contributed by atoms with Crippen molar-refractivity contribution in [3.63, 3.8) is 0 Å². The summed E-state index contributed by atoms with van der Waals surface area (Å²) in [4.78, 5) is 64.3. The van der Waals surface area contributed by atoms with Gasteiger partial charge in [-0.2, -0.15) is 0 Å². The molecular weight excluding hydrogens is 600 g/mol. The van der Waals surface area contributed by atoms with Crippen LogP contribution in [0, 0.1) is 6.92 Å². The second kappa shape index (κ2) is 14.1. The van der Waals surface area contributed by atoms with Crippen LogP contribution in [0.5, 0.6) is 5.75 Å². The molecule has 0 saturated carbocycles. The van der Waals surface area contributed by atoms with E-state index in [1.54, 1.807) is 29.2 Å². The number of hydrogen-bond donors (Lipinski definition) is 3. The number of fused-ring (bicyclic) bond motifs is 1. The van der Waals surface area contributed by atoms with Gasteiger partial charge in [-0.3, -0.25) is 9.78 Å². The highest BCUT2D eigenvalue weighted by molar-refractivity contribution is 6.30. The number of carboxylic acid groups (broad SMARTS) is 2. The number of benzene rings is 1. The zero-order chi connectivity index (χ0) is 32.0. The monoisotopic (exact) mass is 628 g/mol. The van der Waals surface area contributed by atoms with E-state index < -0.39 is 42.4 Å². The Morgan fingerprint density at radius 2 is 1.61 bits per heavy atom. The lowest BCUT2D eigenvalue weighted by Crippen LogP contribution is -2.48. The Hall–Kier alpha value is -4.86. The predicted octanol–water partition coefficient (Wildman–Crippen LogP) is 1.84. The lowest BCUT2D eigenvalue weighted by Gasteiger charge is -2.33. The van der Waals surface area contributed by atoms with Crippen LogP contribution in [0.15, 0.2) is 55.0 Å². The summed E-state index contributed by atoms with van der Waals surface area (Å²) in [6.45, 7) is 4.48. The number of ether oxygens (including phenoxy) is 2. The first kappa shape index (κ1) is 32.1. The Balaban J connectivity index is 0.000000225. The largest absolute Gasteiger partial charge is 0.479 e. The van der Waals surface area contributed by atoms with Gasteiger partial charge in [0.1, 0.15) is 17.3 Å². The standard InChI is InChI=1S/C17H17ClN6O3.C11H12O6/c1-22-6-8-23(9-7-22)17(26)27-16-14-13(19-4-5-20-14)15(25)24(16)12-3-2-11(18)10-21-12;1-6-2-4-7(5-3-6)17-9(11(15)16)8(12)10(13)14/h2-5,10,16H,6-9H2,1H3;2-5,8-9,12H,1H3,(H,13,14)(H,15,16). The van der Waals surface area contributed by atoms with Crippen molar-refractivity contribution in [3.8, 4) is 5.75 Å². The number of hydrogen-bond acceptors (Lipinski definition) is 11. The maximum atomic E-state index is 12.8. The van der Waals surface area contributed by atoms with Crippen LogP contribution in [0.1, 0.15) is 28.0 Å². The minimum absolute atomic E-state index is 0.144. The Bertz CT molecular complexity index is 1500. The van der Waals surface area contributed by atoms with E-state index in [0.29, 0.717) is 29.6 Å². The van der Waals surface area contributed by atoms with Crippen molar-refractivity contribution in [3.05, 3.63) is 77.0 Å². The maximum Gasteiger partial charge on any atom is 0.412 e. The van der Waals surface area contributed by atoms with Gasteiger partial charge in [0.15, 0.2) is 11.8 Å². The van der Waals surface area contributed by atoms with Gasteiger partial charge in [-0.15, -0.1) is 0 Å². The van der Waals surface area contributed by atoms with Crippen LogP contribution in [0.2, 0.25) is 5.02 Å². The zero-order valence-electron chi connectivity index (χ0n) is 23.6.